The van der Waals surface area contributed by atoms with Gasteiger partial charge in [-0.15, -0.1) is 0 Å². The molecule has 0 spiro atoms. The normalized spacial score (nSPS) is 10.5. The Morgan fingerprint density at radius 3 is 2.92 bits per heavy atom. The summed E-state index contributed by atoms with van der Waals surface area (Å²) in [6, 6.07) is 1.72. The molecule has 0 bridgehead atoms. The summed E-state index contributed by atoms with van der Waals surface area (Å²) in [5, 5.41) is 6.66. The summed E-state index contributed by atoms with van der Waals surface area (Å²) < 4.78 is 1.79. The largest absolute Gasteiger partial charge is 0.354 e. The van der Waals surface area contributed by atoms with Crippen LogP contribution >= 0.6 is 0 Å². The lowest BCUT2D eigenvalue weighted by Crippen LogP contribution is -2.19. The number of carbonyl (C=O) groups excluding carboxylic acids is 1. The molecule has 1 aromatic rings. The Hall–Kier alpha value is -1.32. The van der Waals surface area contributed by atoms with E-state index in [2.05, 4.69) is 24.3 Å². The molecule has 0 saturated carbocycles. The highest BCUT2D eigenvalue weighted by Gasteiger charge is 2.06. The second-order valence-electron chi connectivity index (χ2n) is 3.40. The zero-order valence-corrected chi connectivity index (χ0v) is 8.24. The fourth-order valence-electron chi connectivity index (χ4n) is 1.09. The molecule has 0 aliphatic carbocycles. The van der Waals surface area contributed by atoms with E-state index in [9.17, 15) is 4.79 Å². The summed E-state index contributed by atoms with van der Waals surface area (Å²) >= 11 is 0. The molecular formula is C9H15N3O. The van der Waals surface area contributed by atoms with Crippen LogP contribution in [0.4, 0.5) is 0 Å². The number of rotatable bonds is 3. The van der Waals surface area contributed by atoms with Gasteiger partial charge in [-0.1, -0.05) is 13.8 Å². The zero-order valence-electron chi connectivity index (χ0n) is 8.24. The molecule has 1 amide bonds. The van der Waals surface area contributed by atoms with Crippen molar-refractivity contribution in [2.75, 3.05) is 7.05 Å². The van der Waals surface area contributed by atoms with Gasteiger partial charge in [0, 0.05) is 19.8 Å². The highest BCUT2D eigenvalue weighted by atomic mass is 16.1. The van der Waals surface area contributed by atoms with Gasteiger partial charge in [0.05, 0.1) is 0 Å². The van der Waals surface area contributed by atoms with Crippen LogP contribution in [0, 0.1) is 5.92 Å². The summed E-state index contributed by atoms with van der Waals surface area (Å²) in [5.74, 6) is 0.403. The van der Waals surface area contributed by atoms with Crippen molar-refractivity contribution in [1.82, 2.24) is 15.1 Å². The van der Waals surface area contributed by atoms with Crippen molar-refractivity contribution in [3.8, 4) is 0 Å². The number of hydrogen-bond donors (Lipinski definition) is 1. The first-order chi connectivity index (χ1) is 6.13. The van der Waals surface area contributed by atoms with Crippen LogP contribution in [-0.4, -0.2) is 22.7 Å². The minimum Gasteiger partial charge on any atom is -0.354 e. The van der Waals surface area contributed by atoms with Crippen LogP contribution in [0.1, 0.15) is 24.3 Å². The third-order valence-corrected chi connectivity index (χ3v) is 1.65. The fourth-order valence-corrected chi connectivity index (χ4v) is 1.09. The van der Waals surface area contributed by atoms with Crippen molar-refractivity contribution < 1.29 is 4.79 Å². The number of aromatic nitrogens is 2. The first kappa shape index (κ1) is 9.77. The molecule has 4 nitrogen and oxygen atoms in total. The molecule has 1 N–H and O–H groups in total. The van der Waals surface area contributed by atoms with Crippen molar-refractivity contribution in [3.05, 3.63) is 18.0 Å². The van der Waals surface area contributed by atoms with Gasteiger partial charge in [0.15, 0.2) is 0 Å². The van der Waals surface area contributed by atoms with Gasteiger partial charge in [-0.05, 0) is 12.0 Å². The molecule has 0 aromatic carbocycles. The molecule has 0 fully saturated rings. The molecule has 1 heterocycles. The van der Waals surface area contributed by atoms with Crippen molar-refractivity contribution in [3.63, 3.8) is 0 Å². The minimum absolute atomic E-state index is 0.137. The molecule has 72 valence electrons. The molecule has 4 heteroatoms. The molecule has 0 aliphatic heterocycles. The van der Waals surface area contributed by atoms with Crippen molar-refractivity contribution in [1.29, 1.82) is 0 Å². The van der Waals surface area contributed by atoms with Crippen molar-refractivity contribution >= 4 is 5.91 Å². The Labute approximate surface area is 77.9 Å². The van der Waals surface area contributed by atoms with Crippen molar-refractivity contribution in [2.24, 2.45) is 5.92 Å². The summed E-state index contributed by atoms with van der Waals surface area (Å²) in [6.07, 6.45) is 1.82. The average molecular weight is 181 g/mol. The van der Waals surface area contributed by atoms with Crippen LogP contribution in [0.5, 0.6) is 0 Å². The quantitative estimate of drug-likeness (QED) is 0.753. The van der Waals surface area contributed by atoms with Gasteiger partial charge >= 0.3 is 0 Å². The molecule has 0 unspecified atom stereocenters. The van der Waals surface area contributed by atoms with E-state index in [4.69, 9.17) is 0 Å². The number of amides is 1. The zero-order chi connectivity index (χ0) is 9.84. The van der Waals surface area contributed by atoms with Crippen LogP contribution in [0.15, 0.2) is 12.3 Å². The van der Waals surface area contributed by atoms with E-state index < -0.39 is 0 Å². The van der Waals surface area contributed by atoms with Crippen LogP contribution in [0.2, 0.25) is 0 Å². The molecule has 0 aliphatic rings. The molecular weight excluding hydrogens is 166 g/mol. The smallest absolute Gasteiger partial charge is 0.271 e. The number of nitrogens with zero attached hydrogens (tertiary/aromatic N) is 2. The van der Waals surface area contributed by atoms with Gasteiger partial charge in [-0.3, -0.25) is 9.48 Å². The summed E-state index contributed by atoms with van der Waals surface area (Å²) in [7, 11) is 1.60. The highest BCUT2D eigenvalue weighted by Crippen LogP contribution is 2.00. The topological polar surface area (TPSA) is 46.9 Å². The number of carbonyl (C=O) groups is 1. The average Bonchev–Trinajstić information content (AvgIpc) is 2.50. The van der Waals surface area contributed by atoms with Gasteiger partial charge in [0.1, 0.15) is 5.69 Å². The maximum Gasteiger partial charge on any atom is 0.271 e. The lowest BCUT2D eigenvalue weighted by molar-refractivity contribution is 0.0957. The predicted octanol–water partition coefficient (Wildman–Crippen LogP) is 0.899. The van der Waals surface area contributed by atoms with Gasteiger partial charge < -0.3 is 5.32 Å². The Balaban J connectivity index is 2.69. The molecule has 0 atom stereocenters. The molecule has 0 saturated heterocycles. The monoisotopic (exact) mass is 181 g/mol. The van der Waals surface area contributed by atoms with Crippen LogP contribution < -0.4 is 5.32 Å². The summed E-state index contributed by atoms with van der Waals surface area (Å²) in [5.41, 5.74) is 0.475. The first-order valence-electron chi connectivity index (χ1n) is 4.39. The fraction of sp³-hybridized carbons (Fsp3) is 0.556. The van der Waals surface area contributed by atoms with Crippen LogP contribution in [0.25, 0.3) is 0 Å². The van der Waals surface area contributed by atoms with E-state index in [1.807, 2.05) is 6.20 Å². The van der Waals surface area contributed by atoms with E-state index in [0.29, 0.717) is 11.6 Å². The third kappa shape index (κ3) is 2.57. The maximum atomic E-state index is 11.1. The lowest BCUT2D eigenvalue weighted by Gasteiger charge is -2.03. The van der Waals surface area contributed by atoms with Gasteiger partial charge in [0.25, 0.3) is 5.91 Å². The van der Waals surface area contributed by atoms with Gasteiger partial charge in [-0.2, -0.15) is 5.10 Å². The lowest BCUT2D eigenvalue weighted by atomic mass is 10.2. The second kappa shape index (κ2) is 4.07. The predicted molar refractivity (Wildman–Crippen MR) is 50.5 cm³/mol. The summed E-state index contributed by atoms with van der Waals surface area (Å²) in [4.78, 5) is 11.1. The summed E-state index contributed by atoms with van der Waals surface area (Å²) in [6.45, 7) is 5.07. The standard InChI is InChI=1S/C9H15N3O/c1-7(2)6-12-5-4-8(11-12)9(13)10-3/h4-5,7H,6H2,1-3H3,(H,10,13). The van der Waals surface area contributed by atoms with E-state index in [1.54, 1.807) is 17.8 Å². The third-order valence-electron chi connectivity index (χ3n) is 1.65. The highest BCUT2D eigenvalue weighted by molar-refractivity contribution is 5.91. The number of hydrogen-bond acceptors (Lipinski definition) is 2. The SMILES string of the molecule is CNC(=O)c1ccn(CC(C)C)n1. The van der Waals surface area contributed by atoms with E-state index in [-0.39, 0.29) is 5.91 Å². The van der Waals surface area contributed by atoms with E-state index in [0.717, 1.165) is 6.54 Å². The minimum atomic E-state index is -0.137. The molecule has 1 rings (SSSR count). The molecule has 1 aromatic heterocycles. The van der Waals surface area contributed by atoms with E-state index in [1.165, 1.54) is 0 Å². The first-order valence-corrected chi connectivity index (χ1v) is 4.39. The maximum absolute atomic E-state index is 11.1. The van der Waals surface area contributed by atoms with Crippen LogP contribution in [0.3, 0.4) is 0 Å². The second-order valence-corrected chi connectivity index (χ2v) is 3.40. The number of nitrogens with one attached hydrogen (secondary N) is 1. The molecule has 0 radical (unpaired) electrons. The Bertz CT molecular complexity index is 291. The van der Waals surface area contributed by atoms with Crippen molar-refractivity contribution in [2.45, 2.75) is 20.4 Å². The Morgan fingerprint density at radius 1 is 1.69 bits per heavy atom. The van der Waals surface area contributed by atoms with Crippen LogP contribution in [-0.2, 0) is 6.54 Å². The van der Waals surface area contributed by atoms with E-state index >= 15 is 0 Å². The van der Waals surface area contributed by atoms with Gasteiger partial charge in [-0.25, -0.2) is 0 Å². The molecule has 13 heavy (non-hydrogen) atoms. The Kier molecular flexibility index (Phi) is 3.06. The van der Waals surface area contributed by atoms with Gasteiger partial charge in [0.2, 0.25) is 0 Å². The Morgan fingerprint density at radius 2 is 2.38 bits per heavy atom.